The SMILES string of the molecule is CC[N+](CC)(CC)CCOC(=O)C(C)(C)NC(=O)c1cc2c(n(CC3CCCCC3)c1=O)CCCCCC2.[I-]. The summed E-state index contributed by atoms with van der Waals surface area (Å²) in [6.07, 6.45) is 12.3. The van der Waals surface area contributed by atoms with Gasteiger partial charge in [0.25, 0.3) is 11.5 Å². The number of quaternary nitrogens is 1. The number of aryl methyl sites for hydroxylation is 1. The molecule has 3 rings (SSSR count). The summed E-state index contributed by atoms with van der Waals surface area (Å²) in [5.74, 6) is -0.471. The highest BCUT2D eigenvalue weighted by Crippen LogP contribution is 2.27. The van der Waals surface area contributed by atoms with Gasteiger partial charge in [-0.15, -0.1) is 0 Å². The molecule has 1 fully saturated rings. The average molecular weight is 658 g/mol. The first-order valence-electron chi connectivity index (χ1n) is 15.3. The lowest BCUT2D eigenvalue weighted by Gasteiger charge is -2.35. The lowest BCUT2D eigenvalue weighted by atomic mass is 9.88. The number of likely N-dealkylation sites (N-methyl/N-ethyl adjacent to an activating group) is 1. The molecule has 1 N–H and O–H groups in total. The summed E-state index contributed by atoms with van der Waals surface area (Å²) in [6.45, 7) is 14.5. The number of esters is 1. The van der Waals surface area contributed by atoms with Crippen LogP contribution >= 0.6 is 0 Å². The van der Waals surface area contributed by atoms with Crippen LogP contribution in [0.2, 0.25) is 0 Å². The molecule has 0 atom stereocenters. The molecule has 0 aliphatic heterocycles. The van der Waals surface area contributed by atoms with Gasteiger partial charge in [0, 0.05) is 12.2 Å². The van der Waals surface area contributed by atoms with E-state index >= 15 is 0 Å². The zero-order valence-corrected chi connectivity index (χ0v) is 27.2. The number of fused-ring (bicyclic) bond motifs is 1. The lowest BCUT2D eigenvalue weighted by Crippen LogP contribution is -3.00. The van der Waals surface area contributed by atoms with Gasteiger partial charge < -0.3 is 43.1 Å². The van der Waals surface area contributed by atoms with E-state index in [2.05, 4.69) is 26.1 Å². The number of carbonyl (C=O) groups is 2. The molecule has 2 aliphatic rings. The van der Waals surface area contributed by atoms with E-state index in [0.717, 1.165) is 80.4 Å². The number of nitrogens with zero attached hydrogens (tertiary/aromatic N) is 2. The summed E-state index contributed by atoms with van der Waals surface area (Å²) in [5, 5.41) is 2.84. The maximum absolute atomic E-state index is 13.8. The first-order chi connectivity index (χ1) is 18.2. The van der Waals surface area contributed by atoms with E-state index in [9.17, 15) is 14.4 Å². The highest BCUT2D eigenvalue weighted by atomic mass is 127. The highest BCUT2D eigenvalue weighted by Gasteiger charge is 2.34. The number of hydrogen-bond donors (Lipinski definition) is 1. The second-order valence-corrected chi connectivity index (χ2v) is 12.1. The molecule has 7 nitrogen and oxygen atoms in total. The molecule has 0 spiro atoms. The smallest absolute Gasteiger partial charge is 0.331 e. The Morgan fingerprint density at radius 3 is 2.18 bits per heavy atom. The van der Waals surface area contributed by atoms with E-state index in [1.807, 2.05) is 10.6 Å². The Morgan fingerprint density at radius 2 is 1.56 bits per heavy atom. The van der Waals surface area contributed by atoms with E-state index in [1.165, 1.54) is 32.1 Å². The van der Waals surface area contributed by atoms with Crippen LogP contribution in [0.5, 0.6) is 0 Å². The highest BCUT2D eigenvalue weighted by molar-refractivity contribution is 5.97. The molecule has 0 unspecified atom stereocenters. The fourth-order valence-electron chi connectivity index (χ4n) is 6.28. The standard InChI is InChI=1S/C31H51N3O4.HI/c1-6-34(7-2,8-3)20-21-38-30(37)31(4,5)32-28(35)26-22-25-18-14-9-10-15-19-27(25)33(29(26)36)23-24-16-12-11-13-17-24;/h22,24H,6-21,23H2,1-5H3;1H. The van der Waals surface area contributed by atoms with Gasteiger partial charge in [-0.3, -0.25) is 9.59 Å². The Hall–Kier alpha value is -1.42. The number of hydrogen-bond acceptors (Lipinski definition) is 4. The number of pyridine rings is 1. The van der Waals surface area contributed by atoms with Crippen LogP contribution in [0.25, 0.3) is 0 Å². The van der Waals surface area contributed by atoms with Gasteiger partial charge in [-0.05, 0) is 90.7 Å². The monoisotopic (exact) mass is 657 g/mol. The van der Waals surface area contributed by atoms with Crippen molar-refractivity contribution in [2.24, 2.45) is 5.92 Å². The molecular formula is C31H52IN3O4. The summed E-state index contributed by atoms with van der Waals surface area (Å²) in [5.41, 5.74) is 0.952. The van der Waals surface area contributed by atoms with Crippen LogP contribution in [-0.4, -0.2) is 59.3 Å². The number of halogens is 1. The number of amides is 1. The molecule has 0 radical (unpaired) electrons. The summed E-state index contributed by atoms with van der Waals surface area (Å²) in [4.78, 5) is 40.3. The molecule has 222 valence electrons. The molecule has 1 aromatic rings. The topological polar surface area (TPSA) is 77.4 Å². The third-order valence-corrected chi connectivity index (χ3v) is 9.26. The van der Waals surface area contributed by atoms with Crippen molar-refractivity contribution in [3.63, 3.8) is 0 Å². The van der Waals surface area contributed by atoms with Crippen molar-refractivity contribution >= 4 is 11.9 Å². The molecule has 1 amide bonds. The minimum atomic E-state index is -1.23. The van der Waals surface area contributed by atoms with E-state index in [4.69, 9.17) is 4.74 Å². The first-order valence-corrected chi connectivity index (χ1v) is 15.3. The Morgan fingerprint density at radius 1 is 0.974 bits per heavy atom. The number of carbonyl (C=O) groups excluding carboxylic acids is 2. The normalized spacial score (nSPS) is 16.8. The molecule has 2 aliphatic carbocycles. The predicted molar refractivity (Wildman–Crippen MR) is 152 cm³/mol. The van der Waals surface area contributed by atoms with Crippen LogP contribution in [0.3, 0.4) is 0 Å². The molecule has 0 saturated heterocycles. The van der Waals surface area contributed by atoms with Crippen molar-refractivity contribution < 1.29 is 42.8 Å². The fraction of sp³-hybridized carbons (Fsp3) is 0.774. The zero-order chi connectivity index (χ0) is 27.8. The van der Waals surface area contributed by atoms with Crippen LogP contribution in [-0.2, 0) is 28.9 Å². The summed E-state index contributed by atoms with van der Waals surface area (Å²) in [7, 11) is 0. The third kappa shape index (κ3) is 8.78. The van der Waals surface area contributed by atoms with Crippen LogP contribution < -0.4 is 34.9 Å². The lowest BCUT2D eigenvalue weighted by molar-refractivity contribution is -0.923. The van der Waals surface area contributed by atoms with Crippen molar-refractivity contribution in [2.75, 3.05) is 32.8 Å². The molecule has 8 heteroatoms. The minimum absolute atomic E-state index is 0. The number of ether oxygens (including phenoxy) is 1. The molecule has 1 heterocycles. The largest absolute Gasteiger partial charge is 1.00 e. The van der Waals surface area contributed by atoms with Gasteiger partial charge in [-0.25, -0.2) is 4.79 Å². The predicted octanol–water partition coefficient (Wildman–Crippen LogP) is 2.02. The summed E-state index contributed by atoms with van der Waals surface area (Å²) in [6, 6.07) is 1.81. The van der Waals surface area contributed by atoms with Crippen molar-refractivity contribution in [2.45, 2.75) is 117 Å². The molecule has 39 heavy (non-hydrogen) atoms. The maximum Gasteiger partial charge on any atom is 0.331 e. The molecule has 1 saturated carbocycles. The zero-order valence-electron chi connectivity index (χ0n) is 25.1. The Balaban J connectivity index is 0.00000533. The molecule has 0 aromatic carbocycles. The van der Waals surface area contributed by atoms with Gasteiger partial charge in [0.2, 0.25) is 0 Å². The first kappa shape index (κ1) is 33.8. The van der Waals surface area contributed by atoms with Crippen LogP contribution in [0.4, 0.5) is 0 Å². The number of nitrogens with one attached hydrogen (secondary N) is 1. The van der Waals surface area contributed by atoms with Gasteiger partial charge >= 0.3 is 5.97 Å². The van der Waals surface area contributed by atoms with Gasteiger partial charge in [-0.1, -0.05) is 32.1 Å². The minimum Gasteiger partial charge on any atom is -1.00 e. The van der Waals surface area contributed by atoms with Gasteiger partial charge in [0.15, 0.2) is 0 Å². The van der Waals surface area contributed by atoms with Crippen molar-refractivity contribution in [1.29, 1.82) is 0 Å². The van der Waals surface area contributed by atoms with E-state index in [0.29, 0.717) is 19.1 Å². The van der Waals surface area contributed by atoms with E-state index in [1.54, 1.807) is 13.8 Å². The second-order valence-electron chi connectivity index (χ2n) is 12.1. The van der Waals surface area contributed by atoms with Gasteiger partial charge in [-0.2, -0.15) is 0 Å². The average Bonchev–Trinajstić information content (AvgIpc) is 2.89. The van der Waals surface area contributed by atoms with Crippen LogP contribution in [0.15, 0.2) is 10.9 Å². The molecule has 1 aromatic heterocycles. The van der Waals surface area contributed by atoms with Gasteiger partial charge in [0.05, 0.1) is 19.6 Å². The fourth-order valence-corrected chi connectivity index (χ4v) is 6.28. The summed E-state index contributed by atoms with van der Waals surface area (Å²) >= 11 is 0. The third-order valence-electron chi connectivity index (χ3n) is 9.26. The van der Waals surface area contributed by atoms with Crippen molar-refractivity contribution in [3.05, 3.63) is 33.2 Å². The van der Waals surface area contributed by atoms with E-state index < -0.39 is 17.4 Å². The second kappa shape index (κ2) is 15.5. The van der Waals surface area contributed by atoms with Crippen LogP contribution in [0, 0.1) is 5.92 Å². The molecular weight excluding hydrogens is 605 g/mol. The molecule has 0 bridgehead atoms. The van der Waals surface area contributed by atoms with Crippen molar-refractivity contribution in [1.82, 2.24) is 9.88 Å². The maximum atomic E-state index is 13.8. The van der Waals surface area contributed by atoms with Crippen LogP contribution in [0.1, 0.15) is 114 Å². The Bertz CT molecular complexity index is 1000. The Kier molecular flexibility index (Phi) is 13.5. The van der Waals surface area contributed by atoms with Crippen molar-refractivity contribution in [3.8, 4) is 0 Å². The Labute approximate surface area is 253 Å². The summed E-state index contributed by atoms with van der Waals surface area (Å²) < 4.78 is 8.44. The quantitative estimate of drug-likeness (QED) is 0.225. The van der Waals surface area contributed by atoms with E-state index in [-0.39, 0.29) is 35.1 Å². The van der Waals surface area contributed by atoms with Gasteiger partial charge in [0.1, 0.15) is 24.3 Å². The number of rotatable bonds is 11. The number of aromatic nitrogens is 1.